The summed E-state index contributed by atoms with van der Waals surface area (Å²) >= 11 is 0. The van der Waals surface area contributed by atoms with Gasteiger partial charge in [-0.1, -0.05) is 12.1 Å². The zero-order valence-electron chi connectivity index (χ0n) is 7.71. The lowest BCUT2D eigenvalue weighted by Gasteiger charge is -2.06. The number of hydrogen-bond donors (Lipinski definition) is 2. The molecule has 0 heterocycles. The van der Waals surface area contributed by atoms with Crippen LogP contribution in [0, 0.1) is 0 Å². The van der Waals surface area contributed by atoms with E-state index in [1.54, 1.807) is 12.1 Å². The predicted octanol–water partition coefficient (Wildman–Crippen LogP) is 0.622. The summed E-state index contributed by atoms with van der Waals surface area (Å²) in [4.78, 5) is 31.4. The van der Waals surface area contributed by atoms with Gasteiger partial charge in [-0.25, -0.2) is 0 Å². The molecule has 0 aliphatic carbocycles. The molecule has 78 valence electrons. The Balaban J connectivity index is 3.02. The number of carboxylic acid groups (broad SMARTS) is 1. The Labute approximate surface area is 85.7 Å². The van der Waals surface area contributed by atoms with Crippen LogP contribution >= 0.6 is 0 Å². The summed E-state index contributed by atoms with van der Waals surface area (Å²) in [7, 11) is 0. The van der Waals surface area contributed by atoms with Gasteiger partial charge in [0, 0.05) is 5.69 Å². The van der Waals surface area contributed by atoms with Crippen molar-refractivity contribution in [2.24, 2.45) is 0 Å². The van der Waals surface area contributed by atoms with Gasteiger partial charge in [-0.3, -0.25) is 9.59 Å². The maximum absolute atomic E-state index is 10.7. The summed E-state index contributed by atoms with van der Waals surface area (Å²) in [5, 5.41) is 11.1. The number of carbonyl (C=O) groups excluding carboxylic acids is 2. The first kappa shape index (κ1) is 10.9. The van der Waals surface area contributed by atoms with Crippen molar-refractivity contribution in [3.63, 3.8) is 0 Å². The molecule has 2 N–H and O–H groups in total. The Bertz CT molecular complexity index is 389. The SMILES string of the molecule is O=CNc1cccc(C(C=O)C(=O)O)c1. The lowest BCUT2D eigenvalue weighted by Crippen LogP contribution is -2.12. The Morgan fingerprint density at radius 1 is 1.40 bits per heavy atom. The van der Waals surface area contributed by atoms with Gasteiger partial charge in [-0.05, 0) is 17.7 Å². The van der Waals surface area contributed by atoms with Crippen molar-refractivity contribution in [2.75, 3.05) is 5.32 Å². The monoisotopic (exact) mass is 207 g/mol. The van der Waals surface area contributed by atoms with Crippen LogP contribution in [0.5, 0.6) is 0 Å². The van der Waals surface area contributed by atoms with E-state index >= 15 is 0 Å². The predicted molar refractivity (Wildman–Crippen MR) is 52.6 cm³/mol. The number of aliphatic carboxylic acids is 1. The number of aldehydes is 1. The lowest BCUT2D eigenvalue weighted by molar-refractivity contribution is -0.140. The molecular weight excluding hydrogens is 198 g/mol. The summed E-state index contributed by atoms with van der Waals surface area (Å²) < 4.78 is 0. The highest BCUT2D eigenvalue weighted by atomic mass is 16.4. The number of amides is 1. The van der Waals surface area contributed by atoms with Crippen LogP contribution in [0.25, 0.3) is 0 Å². The van der Waals surface area contributed by atoms with Crippen molar-refractivity contribution in [1.29, 1.82) is 0 Å². The third-order valence-electron chi connectivity index (χ3n) is 1.87. The van der Waals surface area contributed by atoms with E-state index in [0.717, 1.165) is 0 Å². The van der Waals surface area contributed by atoms with E-state index in [1.807, 2.05) is 0 Å². The van der Waals surface area contributed by atoms with Crippen LogP contribution in [-0.4, -0.2) is 23.8 Å². The van der Waals surface area contributed by atoms with E-state index in [4.69, 9.17) is 5.11 Å². The molecule has 15 heavy (non-hydrogen) atoms. The zero-order valence-corrected chi connectivity index (χ0v) is 7.71. The molecule has 5 nitrogen and oxygen atoms in total. The summed E-state index contributed by atoms with van der Waals surface area (Å²) in [6.07, 6.45) is 0.832. The number of benzene rings is 1. The standard InChI is InChI=1S/C10H9NO4/c12-5-9(10(14)15)7-2-1-3-8(4-7)11-6-13/h1-6,9H,(H,11,13)(H,14,15). The highest BCUT2D eigenvalue weighted by molar-refractivity contribution is 5.93. The average Bonchev–Trinajstić information content (AvgIpc) is 2.19. The van der Waals surface area contributed by atoms with Crippen molar-refractivity contribution in [3.8, 4) is 0 Å². The highest BCUT2D eigenvalue weighted by Gasteiger charge is 2.18. The summed E-state index contributed by atoms with van der Waals surface area (Å²) in [5.74, 6) is -2.41. The van der Waals surface area contributed by atoms with Crippen LogP contribution < -0.4 is 5.32 Å². The van der Waals surface area contributed by atoms with Gasteiger partial charge in [0.25, 0.3) is 0 Å². The van der Waals surface area contributed by atoms with Gasteiger partial charge in [0.15, 0.2) is 0 Å². The Morgan fingerprint density at radius 3 is 2.67 bits per heavy atom. The van der Waals surface area contributed by atoms with Gasteiger partial charge in [0.05, 0.1) is 0 Å². The third-order valence-corrected chi connectivity index (χ3v) is 1.87. The first-order valence-electron chi connectivity index (χ1n) is 4.17. The fourth-order valence-corrected chi connectivity index (χ4v) is 1.17. The van der Waals surface area contributed by atoms with Crippen LogP contribution in [0.2, 0.25) is 0 Å². The number of hydrogen-bond acceptors (Lipinski definition) is 3. The minimum absolute atomic E-state index is 0.337. The topological polar surface area (TPSA) is 83.5 Å². The van der Waals surface area contributed by atoms with E-state index in [9.17, 15) is 14.4 Å². The molecular formula is C10H9NO4. The molecule has 0 bridgehead atoms. The molecule has 0 radical (unpaired) electrons. The first-order chi connectivity index (χ1) is 7.19. The fourth-order valence-electron chi connectivity index (χ4n) is 1.17. The quantitative estimate of drug-likeness (QED) is 0.547. The number of nitrogens with one attached hydrogen (secondary N) is 1. The maximum atomic E-state index is 10.7. The van der Waals surface area contributed by atoms with Gasteiger partial charge in [-0.15, -0.1) is 0 Å². The lowest BCUT2D eigenvalue weighted by atomic mass is 10.0. The van der Waals surface area contributed by atoms with Crippen LogP contribution in [0.4, 0.5) is 5.69 Å². The molecule has 5 heteroatoms. The molecule has 0 aliphatic rings. The molecule has 1 aromatic rings. The Hall–Kier alpha value is -2.17. The minimum atomic E-state index is -1.21. The molecule has 1 atom stereocenters. The fraction of sp³-hybridized carbons (Fsp3) is 0.100. The summed E-state index contributed by atoms with van der Waals surface area (Å²) in [5.41, 5.74) is 0.792. The van der Waals surface area contributed by atoms with E-state index in [1.165, 1.54) is 12.1 Å². The largest absolute Gasteiger partial charge is 0.480 e. The zero-order chi connectivity index (χ0) is 11.3. The van der Waals surface area contributed by atoms with Crippen LogP contribution in [0.1, 0.15) is 11.5 Å². The number of carboxylic acids is 1. The number of carbonyl (C=O) groups is 3. The van der Waals surface area contributed by atoms with E-state index < -0.39 is 11.9 Å². The van der Waals surface area contributed by atoms with Crippen LogP contribution in [0.15, 0.2) is 24.3 Å². The molecule has 0 spiro atoms. The summed E-state index contributed by atoms with van der Waals surface area (Å²) in [6.45, 7) is 0. The molecule has 1 aromatic carbocycles. The molecule has 0 fully saturated rings. The van der Waals surface area contributed by atoms with Gasteiger partial charge < -0.3 is 15.2 Å². The van der Waals surface area contributed by atoms with Gasteiger partial charge in [0.2, 0.25) is 6.41 Å². The first-order valence-corrected chi connectivity index (χ1v) is 4.17. The molecule has 1 amide bonds. The van der Waals surface area contributed by atoms with Crippen molar-refractivity contribution in [1.82, 2.24) is 0 Å². The van der Waals surface area contributed by atoms with Crippen LogP contribution in [0.3, 0.4) is 0 Å². The van der Waals surface area contributed by atoms with Crippen molar-refractivity contribution in [3.05, 3.63) is 29.8 Å². The van der Waals surface area contributed by atoms with Gasteiger partial charge in [-0.2, -0.15) is 0 Å². The molecule has 0 saturated heterocycles. The normalized spacial score (nSPS) is 11.5. The molecule has 0 saturated carbocycles. The van der Waals surface area contributed by atoms with Crippen molar-refractivity contribution in [2.45, 2.75) is 5.92 Å². The summed E-state index contributed by atoms with van der Waals surface area (Å²) in [6, 6.07) is 6.13. The van der Waals surface area contributed by atoms with Crippen molar-refractivity contribution >= 4 is 24.4 Å². The third kappa shape index (κ3) is 2.63. The second-order valence-electron chi connectivity index (χ2n) is 2.84. The second-order valence-corrected chi connectivity index (χ2v) is 2.84. The van der Waals surface area contributed by atoms with E-state index in [2.05, 4.69) is 5.32 Å². The molecule has 1 rings (SSSR count). The molecule has 0 aliphatic heterocycles. The maximum Gasteiger partial charge on any atom is 0.318 e. The second kappa shape index (κ2) is 4.90. The highest BCUT2D eigenvalue weighted by Crippen LogP contribution is 2.17. The van der Waals surface area contributed by atoms with E-state index in [0.29, 0.717) is 23.9 Å². The van der Waals surface area contributed by atoms with Crippen LogP contribution in [-0.2, 0) is 14.4 Å². The van der Waals surface area contributed by atoms with Gasteiger partial charge >= 0.3 is 5.97 Å². The molecule has 1 unspecified atom stereocenters. The molecule has 0 aromatic heterocycles. The Morgan fingerprint density at radius 2 is 2.13 bits per heavy atom. The Kier molecular flexibility index (Phi) is 3.56. The van der Waals surface area contributed by atoms with E-state index in [-0.39, 0.29) is 0 Å². The average molecular weight is 207 g/mol. The number of rotatable bonds is 5. The van der Waals surface area contributed by atoms with Crippen molar-refractivity contribution < 1.29 is 19.5 Å². The minimum Gasteiger partial charge on any atom is -0.480 e. The van der Waals surface area contributed by atoms with Gasteiger partial charge in [0.1, 0.15) is 12.2 Å². The number of anilines is 1. The smallest absolute Gasteiger partial charge is 0.318 e.